The van der Waals surface area contributed by atoms with Crippen molar-refractivity contribution in [3.8, 4) is 11.1 Å². The molecule has 0 aliphatic carbocycles. The van der Waals surface area contributed by atoms with Crippen LogP contribution in [0.4, 0.5) is 20.3 Å². The van der Waals surface area contributed by atoms with Crippen molar-refractivity contribution in [1.82, 2.24) is 20.2 Å². The number of nitrogens with one attached hydrogen (secondary N) is 2. The van der Waals surface area contributed by atoms with E-state index < -0.39 is 17.5 Å². The van der Waals surface area contributed by atoms with E-state index in [1.165, 1.54) is 12.8 Å². The number of H-pyrrole nitrogens is 1. The van der Waals surface area contributed by atoms with Gasteiger partial charge in [0.1, 0.15) is 5.82 Å². The van der Waals surface area contributed by atoms with Crippen LogP contribution in [0.5, 0.6) is 0 Å². The van der Waals surface area contributed by atoms with Crippen molar-refractivity contribution in [3.05, 3.63) is 66.3 Å². The number of benzene rings is 1. The number of rotatable bonds is 4. The summed E-state index contributed by atoms with van der Waals surface area (Å²) in [5.41, 5.74) is 3.61. The Morgan fingerprint density at radius 1 is 1.03 bits per heavy atom. The average Bonchev–Trinajstić information content (AvgIpc) is 3.45. The Bertz CT molecular complexity index is 1280. The fourth-order valence-corrected chi connectivity index (χ4v) is 3.77. The predicted octanol–water partition coefficient (Wildman–Crippen LogP) is 4.15. The van der Waals surface area contributed by atoms with Crippen LogP contribution < -0.4 is 10.2 Å². The van der Waals surface area contributed by atoms with Gasteiger partial charge in [0, 0.05) is 36.3 Å². The highest BCUT2D eigenvalue weighted by Crippen LogP contribution is 2.29. The summed E-state index contributed by atoms with van der Waals surface area (Å²) in [7, 11) is 0. The molecule has 2 N–H and O–H groups in total. The number of aromatic nitrogens is 4. The molecule has 0 unspecified atom stereocenters. The van der Waals surface area contributed by atoms with E-state index >= 15 is 0 Å². The first kappa shape index (κ1) is 19.1. The maximum Gasteiger partial charge on any atom is 0.278 e. The maximum absolute atomic E-state index is 13.9. The number of carbonyl (C=O) groups excluding carboxylic acids is 1. The minimum Gasteiger partial charge on any atom is -0.370 e. The first-order valence-corrected chi connectivity index (χ1v) is 9.89. The fourth-order valence-electron chi connectivity index (χ4n) is 3.77. The highest BCUT2D eigenvalue weighted by atomic mass is 19.1. The molecule has 1 amide bonds. The Labute approximate surface area is 176 Å². The number of fused-ring (bicyclic) bond motifs is 1. The monoisotopic (exact) mass is 420 g/mol. The van der Waals surface area contributed by atoms with Crippen LogP contribution in [0.1, 0.15) is 23.3 Å². The van der Waals surface area contributed by atoms with E-state index in [1.54, 1.807) is 6.20 Å². The van der Waals surface area contributed by atoms with E-state index in [2.05, 4.69) is 36.4 Å². The van der Waals surface area contributed by atoms with Gasteiger partial charge in [0.05, 0.1) is 23.6 Å². The van der Waals surface area contributed by atoms with Crippen LogP contribution in [0.15, 0.2) is 48.9 Å². The SMILES string of the molecule is O=C(Nc1ncc(F)cc1F)c1n[nH]c2ccc(-c3cncc(N4CCCC4)c3)cc12. The van der Waals surface area contributed by atoms with E-state index in [1.807, 2.05) is 24.4 Å². The highest BCUT2D eigenvalue weighted by molar-refractivity contribution is 6.11. The van der Waals surface area contributed by atoms with Crippen molar-refractivity contribution in [2.75, 3.05) is 23.3 Å². The molecule has 4 heterocycles. The Kier molecular flexibility index (Phi) is 4.78. The molecule has 1 aromatic carbocycles. The number of hydrogen-bond donors (Lipinski definition) is 2. The first-order chi connectivity index (χ1) is 15.1. The first-order valence-electron chi connectivity index (χ1n) is 9.89. The smallest absolute Gasteiger partial charge is 0.278 e. The maximum atomic E-state index is 13.9. The summed E-state index contributed by atoms with van der Waals surface area (Å²) in [4.78, 5) is 23.0. The van der Waals surface area contributed by atoms with Gasteiger partial charge in [-0.15, -0.1) is 0 Å². The Balaban J connectivity index is 1.47. The zero-order chi connectivity index (χ0) is 21.4. The van der Waals surface area contributed by atoms with Gasteiger partial charge in [-0.3, -0.25) is 14.9 Å². The minimum absolute atomic E-state index is 0.0889. The van der Waals surface area contributed by atoms with Crippen LogP contribution in [0.2, 0.25) is 0 Å². The fraction of sp³-hybridized carbons (Fsp3) is 0.182. The minimum atomic E-state index is -0.960. The van der Waals surface area contributed by atoms with Crippen LogP contribution in [0, 0.1) is 11.6 Å². The Hall–Kier alpha value is -3.88. The second kappa shape index (κ2) is 7.75. The number of hydrogen-bond acceptors (Lipinski definition) is 5. The molecule has 0 bridgehead atoms. The van der Waals surface area contributed by atoms with Crippen molar-refractivity contribution in [2.24, 2.45) is 0 Å². The molecule has 0 radical (unpaired) electrons. The molecule has 3 aromatic heterocycles. The molecule has 0 atom stereocenters. The summed E-state index contributed by atoms with van der Waals surface area (Å²) < 4.78 is 26.9. The van der Waals surface area contributed by atoms with Crippen LogP contribution in [-0.2, 0) is 0 Å². The number of amides is 1. The summed E-state index contributed by atoms with van der Waals surface area (Å²) in [6.07, 6.45) is 6.81. The van der Waals surface area contributed by atoms with E-state index in [0.29, 0.717) is 17.0 Å². The second-order valence-corrected chi connectivity index (χ2v) is 7.40. The van der Waals surface area contributed by atoms with Crippen molar-refractivity contribution >= 4 is 28.3 Å². The van der Waals surface area contributed by atoms with Gasteiger partial charge >= 0.3 is 0 Å². The second-order valence-electron chi connectivity index (χ2n) is 7.40. The molecule has 0 spiro atoms. The molecule has 7 nitrogen and oxygen atoms in total. The van der Waals surface area contributed by atoms with Crippen molar-refractivity contribution in [1.29, 1.82) is 0 Å². The topological polar surface area (TPSA) is 86.8 Å². The average molecular weight is 420 g/mol. The summed E-state index contributed by atoms with van der Waals surface area (Å²) >= 11 is 0. The standard InChI is InChI=1S/C22H18F2N6O/c23-15-9-18(24)21(26-11-15)27-22(31)20-17-8-13(3-4-19(17)28-29-20)14-7-16(12-25-10-14)30-5-1-2-6-30/h3-4,7-12H,1-2,5-6H2,(H,28,29)(H,26,27,31). The zero-order valence-corrected chi connectivity index (χ0v) is 16.4. The summed E-state index contributed by atoms with van der Waals surface area (Å²) in [6, 6.07) is 8.33. The molecule has 1 saturated heterocycles. The third-order valence-electron chi connectivity index (χ3n) is 5.35. The number of carbonyl (C=O) groups is 1. The molecule has 156 valence electrons. The number of halogens is 2. The Morgan fingerprint density at radius 3 is 2.68 bits per heavy atom. The molecular formula is C22H18F2N6O. The Morgan fingerprint density at radius 2 is 1.87 bits per heavy atom. The van der Waals surface area contributed by atoms with E-state index in [-0.39, 0.29) is 11.5 Å². The van der Waals surface area contributed by atoms with Gasteiger partial charge in [-0.2, -0.15) is 5.10 Å². The van der Waals surface area contributed by atoms with Crippen molar-refractivity contribution in [2.45, 2.75) is 12.8 Å². The van der Waals surface area contributed by atoms with Gasteiger partial charge in [0.15, 0.2) is 17.3 Å². The predicted molar refractivity (Wildman–Crippen MR) is 113 cm³/mol. The van der Waals surface area contributed by atoms with Gasteiger partial charge in [-0.1, -0.05) is 6.07 Å². The molecule has 0 saturated carbocycles. The molecule has 5 rings (SSSR count). The van der Waals surface area contributed by atoms with Gasteiger partial charge in [0.2, 0.25) is 0 Å². The lowest BCUT2D eigenvalue weighted by Gasteiger charge is -2.17. The van der Waals surface area contributed by atoms with E-state index in [0.717, 1.165) is 36.1 Å². The lowest BCUT2D eigenvalue weighted by Crippen LogP contribution is -2.17. The van der Waals surface area contributed by atoms with Gasteiger partial charge in [-0.05, 0) is 36.6 Å². The van der Waals surface area contributed by atoms with Crippen LogP contribution in [0.25, 0.3) is 22.0 Å². The lowest BCUT2D eigenvalue weighted by atomic mass is 10.0. The molecule has 31 heavy (non-hydrogen) atoms. The molecule has 4 aromatic rings. The van der Waals surface area contributed by atoms with Crippen LogP contribution in [0.3, 0.4) is 0 Å². The van der Waals surface area contributed by atoms with E-state index in [9.17, 15) is 13.6 Å². The molecule has 1 fully saturated rings. The molecule has 1 aliphatic heterocycles. The summed E-state index contributed by atoms with van der Waals surface area (Å²) in [6.45, 7) is 2.04. The number of pyridine rings is 2. The van der Waals surface area contributed by atoms with Gasteiger partial charge in [0.25, 0.3) is 5.91 Å². The molecular weight excluding hydrogens is 402 g/mol. The lowest BCUT2D eigenvalue weighted by molar-refractivity contribution is 0.102. The number of anilines is 2. The van der Waals surface area contributed by atoms with Crippen LogP contribution >= 0.6 is 0 Å². The largest absolute Gasteiger partial charge is 0.370 e. The number of aromatic amines is 1. The molecule has 1 aliphatic rings. The zero-order valence-electron chi connectivity index (χ0n) is 16.4. The number of nitrogens with zero attached hydrogens (tertiary/aromatic N) is 4. The van der Waals surface area contributed by atoms with Crippen LogP contribution in [-0.4, -0.2) is 39.2 Å². The van der Waals surface area contributed by atoms with Crippen molar-refractivity contribution in [3.63, 3.8) is 0 Å². The third kappa shape index (κ3) is 3.70. The van der Waals surface area contributed by atoms with Gasteiger partial charge in [-0.25, -0.2) is 13.8 Å². The van der Waals surface area contributed by atoms with Crippen molar-refractivity contribution < 1.29 is 13.6 Å². The summed E-state index contributed by atoms with van der Waals surface area (Å²) in [5.74, 6) is -2.79. The van der Waals surface area contributed by atoms with E-state index in [4.69, 9.17) is 0 Å². The molecule has 9 heteroatoms. The normalized spacial score (nSPS) is 13.7. The summed E-state index contributed by atoms with van der Waals surface area (Å²) in [5, 5.41) is 9.79. The quantitative estimate of drug-likeness (QED) is 0.518. The third-order valence-corrected chi connectivity index (χ3v) is 5.35. The van der Waals surface area contributed by atoms with Gasteiger partial charge < -0.3 is 10.2 Å². The highest BCUT2D eigenvalue weighted by Gasteiger charge is 2.18.